The Hall–Kier alpha value is -3.28. The van der Waals surface area contributed by atoms with Gasteiger partial charge in [0.2, 0.25) is 5.95 Å². The van der Waals surface area contributed by atoms with Crippen LogP contribution in [0.2, 0.25) is 0 Å². The van der Waals surface area contributed by atoms with E-state index in [0.29, 0.717) is 0 Å². The van der Waals surface area contributed by atoms with Gasteiger partial charge in [0.1, 0.15) is 40.7 Å². The molecule has 1 unspecified atom stereocenters. The molecule has 18 nitrogen and oxygen atoms in total. The van der Waals surface area contributed by atoms with Crippen LogP contribution in [0, 0.1) is 0 Å². The van der Waals surface area contributed by atoms with Gasteiger partial charge in [-0.05, 0) is 62.3 Å². The molecule has 45 heavy (non-hydrogen) atoms. The van der Waals surface area contributed by atoms with Crippen molar-refractivity contribution in [1.82, 2.24) is 9.97 Å². The Labute approximate surface area is 259 Å². The third kappa shape index (κ3) is 8.31. The Balaban J connectivity index is 1.84. The second kappa shape index (κ2) is 12.1. The van der Waals surface area contributed by atoms with Gasteiger partial charge >= 0.3 is 25.9 Å². The first-order valence-corrected chi connectivity index (χ1v) is 15.7. The molecule has 4 heterocycles. The minimum absolute atomic E-state index is 0.185. The van der Waals surface area contributed by atoms with Crippen molar-refractivity contribution in [3.63, 3.8) is 0 Å². The predicted octanol–water partition coefficient (Wildman–Crippen LogP) is 3.93. The van der Waals surface area contributed by atoms with Crippen LogP contribution in [0.4, 0.5) is 31.8 Å². The number of carbonyl (C=O) groups is 3. The third-order valence-corrected chi connectivity index (χ3v) is 7.52. The van der Waals surface area contributed by atoms with Crippen LogP contribution < -0.4 is 20.3 Å². The van der Waals surface area contributed by atoms with Gasteiger partial charge in [-0.15, -0.1) is 0 Å². The van der Waals surface area contributed by atoms with Crippen LogP contribution in [0.3, 0.4) is 0 Å². The summed E-state index contributed by atoms with van der Waals surface area (Å²) in [5.74, 6) is -1.19. The molecule has 0 aliphatic carbocycles. The van der Waals surface area contributed by atoms with Crippen LogP contribution in [-0.4, -0.2) is 94.4 Å². The van der Waals surface area contributed by atoms with Gasteiger partial charge in [0.05, 0.1) is 0 Å². The lowest BCUT2D eigenvalue weighted by molar-refractivity contribution is -0.272. The number of anilines is 3. The number of aliphatic hydroxyl groups is 1. The van der Waals surface area contributed by atoms with Gasteiger partial charge in [0, 0.05) is 7.11 Å². The number of ether oxygens (including phenoxy) is 6. The number of nitrogens with zero attached hydrogens (tertiary/aromatic N) is 3. The van der Waals surface area contributed by atoms with Crippen molar-refractivity contribution in [3.05, 3.63) is 0 Å². The van der Waals surface area contributed by atoms with Crippen molar-refractivity contribution in [2.24, 2.45) is 0 Å². The number of aliphatic hydroxyl groups excluding tert-OH is 1. The zero-order valence-electron chi connectivity index (χ0n) is 26.7. The van der Waals surface area contributed by atoms with E-state index in [0.717, 1.165) is 4.90 Å². The third-order valence-electron chi connectivity index (χ3n) is 5.93. The second-order valence-corrected chi connectivity index (χ2v) is 15.4. The van der Waals surface area contributed by atoms with E-state index in [1.807, 2.05) is 0 Å². The maximum absolute atomic E-state index is 13.8. The van der Waals surface area contributed by atoms with Gasteiger partial charge in [0.25, 0.3) is 5.88 Å². The molecule has 3 N–H and O–H groups in total. The summed E-state index contributed by atoms with van der Waals surface area (Å²) in [5, 5.41) is 16.7. The molecular weight excluding hydrogens is 621 g/mol. The van der Waals surface area contributed by atoms with Gasteiger partial charge < -0.3 is 43.4 Å². The van der Waals surface area contributed by atoms with Gasteiger partial charge in [-0.1, -0.05) is 0 Å². The fraction of sp³-hybridized carbons (Fsp3) is 0.731. The fourth-order valence-corrected chi connectivity index (χ4v) is 5.50. The van der Waals surface area contributed by atoms with Crippen molar-refractivity contribution >= 4 is 43.4 Å². The summed E-state index contributed by atoms with van der Waals surface area (Å²) in [5.41, 5.74) is -3.04. The summed E-state index contributed by atoms with van der Waals surface area (Å²) in [6, 6.07) is -1.24. The van der Waals surface area contributed by atoms with Crippen LogP contribution in [0.5, 0.6) is 5.88 Å². The molecule has 2 fully saturated rings. The van der Waals surface area contributed by atoms with Gasteiger partial charge in [0.15, 0.2) is 24.7 Å². The molecule has 0 aromatic carbocycles. The second-order valence-electron chi connectivity index (χ2n) is 13.3. The molecule has 3 aliphatic heterocycles. The number of nitrogens with one attached hydrogen (secondary N) is 2. The van der Waals surface area contributed by atoms with Gasteiger partial charge in [-0.3, -0.25) is 14.4 Å². The summed E-state index contributed by atoms with van der Waals surface area (Å²) in [4.78, 5) is 48.6. The van der Waals surface area contributed by atoms with E-state index in [1.165, 1.54) is 7.11 Å². The van der Waals surface area contributed by atoms with Crippen LogP contribution in [0.1, 0.15) is 62.3 Å². The highest BCUT2D eigenvalue weighted by Crippen LogP contribution is 2.55. The SMILES string of the molecule is COP1(=O)CO[C@H]2O[C@@H]3[C@@H](Nc4c(OC(=O)OC(C)(C)C)nc(NC(=O)OC(C)(C)C)nc4N3C(=O)OC(C)(C)C)[C@@H](O)[C@H]2O1. The normalized spacial score (nSPS) is 28.0. The van der Waals surface area contributed by atoms with E-state index < -0.39 is 91.7 Å². The first-order chi connectivity index (χ1) is 20.6. The molecule has 19 heteroatoms. The number of hydrogen-bond acceptors (Lipinski definition) is 16. The van der Waals surface area contributed by atoms with Crippen LogP contribution >= 0.6 is 7.60 Å². The van der Waals surface area contributed by atoms with Crippen LogP contribution in [-0.2, 0) is 37.3 Å². The number of aromatic nitrogens is 2. The molecule has 1 aromatic heterocycles. The summed E-state index contributed by atoms with van der Waals surface area (Å²) in [6.07, 6.45) is -9.16. The lowest BCUT2D eigenvalue weighted by Gasteiger charge is -2.51. The summed E-state index contributed by atoms with van der Waals surface area (Å²) < 4.78 is 56.6. The highest BCUT2D eigenvalue weighted by molar-refractivity contribution is 7.53. The smallest absolute Gasteiger partial charge is 0.444 e. The zero-order chi connectivity index (χ0) is 33.7. The van der Waals surface area contributed by atoms with E-state index >= 15 is 0 Å². The molecule has 0 spiro atoms. The Morgan fingerprint density at radius 1 is 1.00 bits per heavy atom. The molecule has 252 valence electrons. The van der Waals surface area contributed by atoms with E-state index in [9.17, 15) is 24.1 Å². The maximum Gasteiger partial charge on any atom is 0.515 e. The number of hydrogen-bond donors (Lipinski definition) is 3. The fourth-order valence-electron chi connectivity index (χ4n) is 4.33. The average Bonchev–Trinajstić information content (AvgIpc) is 2.85. The molecule has 0 bridgehead atoms. The Bertz CT molecular complexity index is 1370. The molecule has 0 saturated carbocycles. The number of carbonyl (C=O) groups excluding carboxylic acids is 3. The van der Waals surface area contributed by atoms with Crippen molar-refractivity contribution < 1.29 is 61.5 Å². The summed E-state index contributed by atoms with van der Waals surface area (Å²) in [7, 11) is -2.57. The predicted molar refractivity (Wildman–Crippen MR) is 155 cm³/mol. The molecule has 3 aliphatic rings. The largest absolute Gasteiger partial charge is 0.515 e. The summed E-state index contributed by atoms with van der Waals surface area (Å²) in [6.45, 7) is 14.7. The minimum atomic E-state index is -3.74. The van der Waals surface area contributed by atoms with Crippen molar-refractivity contribution in [3.8, 4) is 5.88 Å². The van der Waals surface area contributed by atoms with Gasteiger partial charge in [-0.2, -0.15) is 9.97 Å². The molecule has 0 radical (unpaired) electrons. The van der Waals surface area contributed by atoms with Crippen molar-refractivity contribution in [2.75, 3.05) is 29.0 Å². The highest BCUT2D eigenvalue weighted by Gasteiger charge is 2.58. The molecule has 6 atom stereocenters. The quantitative estimate of drug-likeness (QED) is 0.238. The molecule has 1 aromatic rings. The zero-order valence-corrected chi connectivity index (χ0v) is 27.6. The molecule has 2 saturated heterocycles. The maximum atomic E-state index is 13.8. The number of fused-ring (bicyclic) bond motifs is 3. The topological polar surface area (TPSA) is 215 Å². The molecule has 2 amide bonds. The molecular formula is C26H40N5O13P. The lowest BCUT2D eigenvalue weighted by Crippen LogP contribution is -2.69. The van der Waals surface area contributed by atoms with Gasteiger partial charge in [-0.25, -0.2) is 19.3 Å². The first-order valence-electron chi connectivity index (χ1n) is 14.0. The Morgan fingerprint density at radius 3 is 2.20 bits per heavy atom. The van der Waals surface area contributed by atoms with E-state index in [4.69, 9.17) is 37.5 Å². The van der Waals surface area contributed by atoms with Crippen molar-refractivity contribution in [1.29, 1.82) is 0 Å². The molecule has 4 rings (SSSR count). The minimum Gasteiger partial charge on any atom is -0.444 e. The highest BCUT2D eigenvalue weighted by atomic mass is 31.2. The van der Waals surface area contributed by atoms with Crippen LogP contribution in [0.25, 0.3) is 0 Å². The lowest BCUT2D eigenvalue weighted by atomic mass is 9.97. The number of rotatable bonds is 3. The standard InChI is InChI=1S/C26H40N5O13P/c1-24(2,3)41-21(33)30-20-28-16-13(17(29-20)39-23(35)43-26(7,8)9)27-12-14(32)15-19(38-11-45(36,37-10)44-15)40-18(12)31(16)22(34)42-25(4,5)6/h12,14-15,18-19,27,32H,11H2,1-10H3,(H,28,29,30,33)/t12-,14+,15+,18+,19-,45?/m0/s1. The monoisotopic (exact) mass is 661 g/mol. The van der Waals surface area contributed by atoms with E-state index in [-0.39, 0.29) is 11.5 Å². The van der Waals surface area contributed by atoms with Crippen LogP contribution in [0.15, 0.2) is 0 Å². The average molecular weight is 662 g/mol. The number of amides is 2. The van der Waals surface area contributed by atoms with E-state index in [1.54, 1.807) is 62.3 Å². The Morgan fingerprint density at radius 2 is 1.62 bits per heavy atom. The van der Waals surface area contributed by atoms with E-state index in [2.05, 4.69) is 20.6 Å². The Kier molecular flexibility index (Phi) is 9.34. The van der Waals surface area contributed by atoms with Crippen molar-refractivity contribution in [2.45, 2.75) is 110 Å². The first kappa shape index (κ1) is 34.6. The summed E-state index contributed by atoms with van der Waals surface area (Å²) >= 11 is 0.